The minimum absolute atomic E-state index is 0.320. The first-order chi connectivity index (χ1) is 12.5. The minimum Gasteiger partial charge on any atom is -0.303 e. The Labute approximate surface area is 165 Å². The maximum Gasteiger partial charge on any atom is 0.199 e. The molecule has 0 bridgehead atoms. The zero-order chi connectivity index (χ0) is 18.7. The summed E-state index contributed by atoms with van der Waals surface area (Å²) < 4.78 is 18.9. The van der Waals surface area contributed by atoms with Gasteiger partial charge in [-0.25, -0.2) is 9.07 Å². The number of nitrogens with zero attached hydrogens (tertiary/aromatic N) is 4. The highest BCUT2D eigenvalue weighted by Crippen LogP contribution is 2.24. The van der Waals surface area contributed by atoms with Crippen molar-refractivity contribution in [2.24, 2.45) is 7.05 Å². The van der Waals surface area contributed by atoms with Crippen LogP contribution < -0.4 is 0 Å². The summed E-state index contributed by atoms with van der Waals surface area (Å²) in [7, 11) is 1.80. The fourth-order valence-corrected chi connectivity index (χ4v) is 3.97. The van der Waals surface area contributed by atoms with Gasteiger partial charge in [-0.2, -0.15) is 5.10 Å². The van der Waals surface area contributed by atoms with Crippen molar-refractivity contribution >= 4 is 35.2 Å². The molecule has 0 radical (unpaired) electrons. The van der Waals surface area contributed by atoms with Crippen LogP contribution in [0.3, 0.4) is 0 Å². The maximum atomic E-state index is 14.1. The van der Waals surface area contributed by atoms with Crippen molar-refractivity contribution in [3.8, 4) is 11.4 Å². The van der Waals surface area contributed by atoms with Crippen molar-refractivity contribution in [1.82, 2.24) is 19.2 Å². The molecule has 3 rings (SSSR count). The number of thiophene rings is 1. The fraction of sp³-hybridized carbons (Fsp3) is 0.222. The summed E-state index contributed by atoms with van der Waals surface area (Å²) in [6.45, 7) is 5.67. The number of rotatable bonds is 7. The van der Waals surface area contributed by atoms with E-state index in [1.807, 2.05) is 18.2 Å². The molecule has 2 aromatic heterocycles. The molecule has 0 atom stereocenters. The summed E-state index contributed by atoms with van der Waals surface area (Å²) in [5.74, 6) is 0.185. The van der Waals surface area contributed by atoms with E-state index in [9.17, 15) is 4.39 Å². The van der Waals surface area contributed by atoms with Crippen LogP contribution in [0.15, 0.2) is 49.1 Å². The summed E-state index contributed by atoms with van der Waals surface area (Å²) in [4.78, 5) is 3.29. The van der Waals surface area contributed by atoms with Gasteiger partial charge in [0.1, 0.15) is 5.82 Å². The third-order valence-corrected chi connectivity index (χ3v) is 5.59. The highest BCUT2D eigenvalue weighted by molar-refractivity contribution is 7.71. The fourth-order valence-electron chi connectivity index (χ4n) is 2.66. The Morgan fingerprint density at radius 1 is 1.35 bits per heavy atom. The lowest BCUT2D eigenvalue weighted by atomic mass is 10.2. The molecule has 1 aromatic carbocycles. The Hall–Kier alpha value is -1.80. The molecule has 0 aliphatic heterocycles. The zero-order valence-corrected chi connectivity index (χ0v) is 16.6. The first-order valence-electron chi connectivity index (χ1n) is 7.95. The van der Waals surface area contributed by atoms with Crippen molar-refractivity contribution in [1.29, 1.82) is 0 Å². The van der Waals surface area contributed by atoms with Crippen molar-refractivity contribution in [3.05, 3.63) is 68.9 Å². The van der Waals surface area contributed by atoms with Crippen LogP contribution in [0.5, 0.6) is 0 Å². The van der Waals surface area contributed by atoms with Crippen LogP contribution in [0.1, 0.15) is 4.88 Å². The van der Waals surface area contributed by atoms with Crippen molar-refractivity contribution in [2.75, 3.05) is 6.54 Å². The SMILES string of the molecule is C=CCN(Cc1ccc(Cl)s1)Cn1nc(-c2ccccc2F)n(C)c1=S. The molecular formula is C18H18ClFN4S2. The third-order valence-electron chi connectivity index (χ3n) is 3.89. The molecule has 136 valence electrons. The Balaban J connectivity index is 1.88. The van der Waals surface area contributed by atoms with E-state index in [0.717, 1.165) is 9.21 Å². The van der Waals surface area contributed by atoms with Crippen LogP contribution in [0, 0.1) is 10.6 Å². The van der Waals surface area contributed by atoms with E-state index >= 15 is 0 Å². The van der Waals surface area contributed by atoms with Gasteiger partial charge in [-0.05, 0) is 36.5 Å². The molecule has 8 heteroatoms. The molecule has 2 heterocycles. The summed E-state index contributed by atoms with van der Waals surface area (Å²) in [5, 5.41) is 4.55. The predicted molar refractivity (Wildman–Crippen MR) is 107 cm³/mol. The van der Waals surface area contributed by atoms with E-state index < -0.39 is 0 Å². The highest BCUT2D eigenvalue weighted by Gasteiger charge is 2.15. The Kier molecular flexibility index (Phi) is 6.03. The van der Waals surface area contributed by atoms with Gasteiger partial charge >= 0.3 is 0 Å². The van der Waals surface area contributed by atoms with Gasteiger partial charge in [0.25, 0.3) is 0 Å². The molecule has 0 aliphatic rings. The molecule has 0 saturated heterocycles. The molecule has 0 saturated carbocycles. The van der Waals surface area contributed by atoms with Gasteiger partial charge < -0.3 is 4.57 Å². The number of benzene rings is 1. The molecule has 26 heavy (non-hydrogen) atoms. The zero-order valence-electron chi connectivity index (χ0n) is 14.2. The third kappa shape index (κ3) is 4.12. The Morgan fingerprint density at radius 2 is 2.12 bits per heavy atom. The molecule has 3 aromatic rings. The van der Waals surface area contributed by atoms with Crippen LogP contribution in [-0.4, -0.2) is 25.8 Å². The van der Waals surface area contributed by atoms with E-state index in [4.69, 9.17) is 23.8 Å². The van der Waals surface area contributed by atoms with Crippen LogP contribution in [0.4, 0.5) is 4.39 Å². The molecule has 0 unspecified atom stereocenters. The van der Waals surface area contributed by atoms with E-state index in [2.05, 4.69) is 16.6 Å². The minimum atomic E-state index is -0.320. The van der Waals surface area contributed by atoms with E-state index in [1.165, 1.54) is 6.07 Å². The number of hydrogen-bond acceptors (Lipinski definition) is 4. The largest absolute Gasteiger partial charge is 0.303 e. The Bertz CT molecular complexity index is 976. The summed E-state index contributed by atoms with van der Waals surface area (Å²) in [6.07, 6.45) is 1.83. The highest BCUT2D eigenvalue weighted by atomic mass is 35.5. The van der Waals surface area contributed by atoms with Gasteiger partial charge in [-0.1, -0.05) is 29.8 Å². The number of halogens is 2. The molecule has 0 aliphatic carbocycles. The van der Waals surface area contributed by atoms with Crippen LogP contribution in [0.25, 0.3) is 11.4 Å². The number of aromatic nitrogens is 3. The van der Waals surface area contributed by atoms with Gasteiger partial charge in [0, 0.05) is 25.0 Å². The second-order valence-electron chi connectivity index (χ2n) is 5.79. The quantitative estimate of drug-likeness (QED) is 0.401. The van der Waals surface area contributed by atoms with E-state index in [1.54, 1.807) is 45.8 Å². The topological polar surface area (TPSA) is 26.0 Å². The van der Waals surface area contributed by atoms with Crippen molar-refractivity contribution in [2.45, 2.75) is 13.2 Å². The monoisotopic (exact) mass is 408 g/mol. The molecule has 0 N–H and O–H groups in total. The standard InChI is InChI=1S/C18H18ClFN4S2/c1-3-10-23(11-13-8-9-16(19)26-13)12-24-18(25)22(2)17(21-24)14-6-4-5-7-15(14)20/h3-9H,1,10-12H2,2H3. The van der Waals surface area contributed by atoms with Gasteiger partial charge in [-0.3, -0.25) is 4.90 Å². The van der Waals surface area contributed by atoms with Gasteiger partial charge in [0.2, 0.25) is 0 Å². The smallest absolute Gasteiger partial charge is 0.199 e. The second-order valence-corrected chi connectivity index (χ2v) is 7.96. The van der Waals surface area contributed by atoms with Crippen molar-refractivity contribution in [3.63, 3.8) is 0 Å². The van der Waals surface area contributed by atoms with Crippen LogP contribution >= 0.6 is 35.2 Å². The van der Waals surface area contributed by atoms with Gasteiger partial charge in [-0.15, -0.1) is 17.9 Å². The Morgan fingerprint density at radius 3 is 2.77 bits per heavy atom. The molecular weight excluding hydrogens is 391 g/mol. The first-order valence-corrected chi connectivity index (χ1v) is 9.56. The normalized spacial score (nSPS) is 11.2. The molecule has 0 amide bonds. The first kappa shape index (κ1) is 19.0. The summed E-state index contributed by atoms with van der Waals surface area (Å²) >= 11 is 13.1. The van der Waals surface area contributed by atoms with Crippen LogP contribution in [0.2, 0.25) is 4.34 Å². The lowest BCUT2D eigenvalue weighted by Crippen LogP contribution is -2.26. The van der Waals surface area contributed by atoms with Crippen LogP contribution in [-0.2, 0) is 20.3 Å². The lowest BCUT2D eigenvalue weighted by Gasteiger charge is -2.19. The predicted octanol–water partition coefficient (Wildman–Crippen LogP) is 5.12. The van der Waals surface area contributed by atoms with E-state index in [-0.39, 0.29) is 5.82 Å². The number of hydrogen-bond donors (Lipinski definition) is 0. The van der Waals surface area contributed by atoms with Crippen molar-refractivity contribution < 1.29 is 4.39 Å². The second kappa shape index (κ2) is 8.26. The maximum absolute atomic E-state index is 14.1. The van der Waals surface area contributed by atoms with E-state index in [0.29, 0.717) is 35.9 Å². The molecule has 4 nitrogen and oxygen atoms in total. The molecule has 0 fully saturated rings. The molecule has 0 spiro atoms. The summed E-state index contributed by atoms with van der Waals surface area (Å²) in [5.41, 5.74) is 0.431. The van der Waals surface area contributed by atoms with Gasteiger partial charge in [0.05, 0.1) is 16.6 Å². The van der Waals surface area contributed by atoms with Gasteiger partial charge in [0.15, 0.2) is 10.6 Å². The average molecular weight is 409 g/mol. The summed E-state index contributed by atoms with van der Waals surface area (Å²) in [6, 6.07) is 10.4. The average Bonchev–Trinajstić information content (AvgIpc) is 3.14. The lowest BCUT2D eigenvalue weighted by molar-refractivity contribution is 0.220.